The van der Waals surface area contributed by atoms with Crippen LogP contribution in [-0.2, 0) is 0 Å². The Labute approximate surface area is 91.7 Å². The highest BCUT2D eigenvalue weighted by atomic mass is 16.4. The number of nitrogens with two attached hydrogens (primary N) is 1. The molecule has 4 heteroatoms. The SMILES string of the molecule is Cc1ccoc1-c1nc2cc(N)ccc2o1. The van der Waals surface area contributed by atoms with Gasteiger partial charge in [0.2, 0.25) is 0 Å². The minimum absolute atomic E-state index is 0.489. The number of benzene rings is 1. The van der Waals surface area contributed by atoms with Gasteiger partial charge in [-0.1, -0.05) is 0 Å². The summed E-state index contributed by atoms with van der Waals surface area (Å²) in [5.74, 6) is 1.15. The summed E-state index contributed by atoms with van der Waals surface area (Å²) in [5.41, 5.74) is 8.80. The molecule has 80 valence electrons. The molecule has 0 fully saturated rings. The van der Waals surface area contributed by atoms with Gasteiger partial charge >= 0.3 is 0 Å². The molecule has 0 bridgehead atoms. The lowest BCUT2D eigenvalue weighted by atomic mass is 10.3. The molecule has 16 heavy (non-hydrogen) atoms. The summed E-state index contributed by atoms with van der Waals surface area (Å²) in [6.45, 7) is 1.95. The zero-order valence-electron chi connectivity index (χ0n) is 8.73. The van der Waals surface area contributed by atoms with E-state index in [1.54, 1.807) is 24.5 Å². The van der Waals surface area contributed by atoms with Crippen molar-refractivity contribution >= 4 is 16.8 Å². The third-order valence-corrected chi connectivity index (χ3v) is 2.47. The molecule has 0 saturated heterocycles. The normalized spacial score (nSPS) is 11.1. The van der Waals surface area contributed by atoms with E-state index in [-0.39, 0.29) is 0 Å². The number of hydrogen-bond acceptors (Lipinski definition) is 4. The number of fused-ring (bicyclic) bond motifs is 1. The molecule has 2 N–H and O–H groups in total. The molecular formula is C12H10N2O2. The Morgan fingerprint density at radius 1 is 1.25 bits per heavy atom. The zero-order chi connectivity index (χ0) is 11.1. The molecule has 1 aromatic carbocycles. The number of nitrogens with zero attached hydrogens (tertiary/aromatic N) is 1. The van der Waals surface area contributed by atoms with Crippen molar-refractivity contribution in [2.75, 3.05) is 5.73 Å². The fraction of sp³-hybridized carbons (Fsp3) is 0.0833. The van der Waals surface area contributed by atoms with E-state index in [0.29, 0.717) is 22.9 Å². The number of hydrogen-bond donors (Lipinski definition) is 1. The zero-order valence-corrected chi connectivity index (χ0v) is 8.73. The van der Waals surface area contributed by atoms with E-state index in [9.17, 15) is 0 Å². The molecule has 0 aliphatic heterocycles. The monoisotopic (exact) mass is 214 g/mol. The Morgan fingerprint density at radius 2 is 2.12 bits per heavy atom. The van der Waals surface area contributed by atoms with E-state index in [0.717, 1.165) is 11.1 Å². The first-order valence-corrected chi connectivity index (χ1v) is 4.94. The predicted octanol–water partition coefficient (Wildman–Crippen LogP) is 2.98. The van der Waals surface area contributed by atoms with Gasteiger partial charge in [-0.25, -0.2) is 4.98 Å². The van der Waals surface area contributed by atoms with E-state index >= 15 is 0 Å². The fourth-order valence-electron chi connectivity index (χ4n) is 1.63. The highest BCUT2D eigenvalue weighted by Crippen LogP contribution is 2.27. The van der Waals surface area contributed by atoms with Gasteiger partial charge in [0.05, 0.1) is 6.26 Å². The number of anilines is 1. The molecule has 0 radical (unpaired) electrons. The van der Waals surface area contributed by atoms with Crippen molar-refractivity contribution < 1.29 is 8.83 Å². The summed E-state index contributed by atoms with van der Waals surface area (Å²) in [6, 6.07) is 7.24. The van der Waals surface area contributed by atoms with Crippen LogP contribution in [0.1, 0.15) is 5.56 Å². The van der Waals surface area contributed by atoms with Crippen LogP contribution in [0.25, 0.3) is 22.8 Å². The average Bonchev–Trinajstić information content (AvgIpc) is 2.82. The number of furan rings is 1. The van der Waals surface area contributed by atoms with Gasteiger partial charge in [0, 0.05) is 11.3 Å². The van der Waals surface area contributed by atoms with Crippen LogP contribution in [0, 0.1) is 6.92 Å². The first-order chi connectivity index (χ1) is 7.74. The van der Waals surface area contributed by atoms with Crippen LogP contribution < -0.4 is 5.73 Å². The van der Waals surface area contributed by atoms with Gasteiger partial charge in [-0.3, -0.25) is 0 Å². The van der Waals surface area contributed by atoms with Crippen molar-refractivity contribution in [1.29, 1.82) is 0 Å². The Kier molecular flexibility index (Phi) is 1.77. The minimum atomic E-state index is 0.489. The molecular weight excluding hydrogens is 204 g/mol. The van der Waals surface area contributed by atoms with Crippen molar-refractivity contribution in [3.05, 3.63) is 36.1 Å². The van der Waals surface area contributed by atoms with E-state index < -0.39 is 0 Å². The number of aromatic nitrogens is 1. The molecule has 3 aromatic rings. The Balaban J connectivity index is 2.23. The molecule has 0 aliphatic rings. The van der Waals surface area contributed by atoms with Crippen LogP contribution in [0.2, 0.25) is 0 Å². The molecule has 3 rings (SSSR count). The van der Waals surface area contributed by atoms with Crippen LogP contribution >= 0.6 is 0 Å². The van der Waals surface area contributed by atoms with Crippen LogP contribution in [0.4, 0.5) is 5.69 Å². The van der Waals surface area contributed by atoms with Crippen LogP contribution in [0.5, 0.6) is 0 Å². The molecule has 0 amide bonds. The van der Waals surface area contributed by atoms with Crippen LogP contribution in [0.15, 0.2) is 39.4 Å². The second-order valence-electron chi connectivity index (χ2n) is 3.68. The molecule has 2 heterocycles. The number of nitrogen functional groups attached to an aromatic ring is 1. The maximum Gasteiger partial charge on any atom is 0.264 e. The van der Waals surface area contributed by atoms with Gasteiger partial charge < -0.3 is 14.6 Å². The Bertz CT molecular complexity index is 652. The van der Waals surface area contributed by atoms with Crippen molar-refractivity contribution in [3.63, 3.8) is 0 Å². The van der Waals surface area contributed by atoms with Crippen LogP contribution in [-0.4, -0.2) is 4.98 Å². The number of aryl methyl sites for hydroxylation is 1. The van der Waals surface area contributed by atoms with Gasteiger partial charge in [0.25, 0.3) is 5.89 Å². The molecule has 0 atom stereocenters. The van der Waals surface area contributed by atoms with Crippen molar-refractivity contribution in [3.8, 4) is 11.7 Å². The van der Waals surface area contributed by atoms with Gasteiger partial charge in [0.1, 0.15) is 5.52 Å². The van der Waals surface area contributed by atoms with Gasteiger partial charge in [-0.15, -0.1) is 0 Å². The molecule has 2 aromatic heterocycles. The quantitative estimate of drug-likeness (QED) is 0.632. The summed E-state index contributed by atoms with van der Waals surface area (Å²) < 4.78 is 10.9. The maximum absolute atomic E-state index is 5.68. The summed E-state index contributed by atoms with van der Waals surface area (Å²) in [7, 11) is 0. The first-order valence-electron chi connectivity index (χ1n) is 4.94. The smallest absolute Gasteiger partial charge is 0.264 e. The Morgan fingerprint density at radius 3 is 2.88 bits per heavy atom. The van der Waals surface area contributed by atoms with Crippen molar-refractivity contribution in [1.82, 2.24) is 4.98 Å². The highest BCUT2D eigenvalue weighted by molar-refractivity contribution is 5.79. The topological polar surface area (TPSA) is 65.2 Å². The van der Waals surface area contributed by atoms with Crippen molar-refractivity contribution in [2.24, 2.45) is 0 Å². The second-order valence-corrected chi connectivity index (χ2v) is 3.68. The third kappa shape index (κ3) is 1.27. The lowest BCUT2D eigenvalue weighted by molar-refractivity contribution is 0.533. The van der Waals surface area contributed by atoms with Crippen molar-refractivity contribution in [2.45, 2.75) is 6.92 Å². The number of rotatable bonds is 1. The first kappa shape index (κ1) is 9.03. The summed E-state index contributed by atoms with van der Waals surface area (Å²) in [5, 5.41) is 0. The maximum atomic E-state index is 5.68. The van der Waals surface area contributed by atoms with Gasteiger partial charge in [-0.05, 0) is 31.2 Å². The highest BCUT2D eigenvalue weighted by Gasteiger charge is 2.13. The van der Waals surface area contributed by atoms with E-state index in [1.807, 2.05) is 13.0 Å². The molecule has 0 aliphatic carbocycles. The summed E-state index contributed by atoms with van der Waals surface area (Å²) in [6.07, 6.45) is 1.62. The number of oxazole rings is 1. The van der Waals surface area contributed by atoms with Gasteiger partial charge in [0.15, 0.2) is 11.3 Å². The lowest BCUT2D eigenvalue weighted by Crippen LogP contribution is -1.82. The predicted molar refractivity (Wildman–Crippen MR) is 60.9 cm³/mol. The lowest BCUT2D eigenvalue weighted by Gasteiger charge is -1.89. The molecule has 0 saturated carbocycles. The average molecular weight is 214 g/mol. The molecule has 4 nitrogen and oxygen atoms in total. The summed E-state index contributed by atoms with van der Waals surface area (Å²) in [4.78, 5) is 4.34. The largest absolute Gasteiger partial charge is 0.459 e. The fourth-order valence-corrected chi connectivity index (χ4v) is 1.63. The second kappa shape index (κ2) is 3.13. The van der Waals surface area contributed by atoms with E-state index in [2.05, 4.69) is 4.98 Å². The molecule has 0 unspecified atom stereocenters. The van der Waals surface area contributed by atoms with E-state index in [1.165, 1.54) is 0 Å². The van der Waals surface area contributed by atoms with Crippen LogP contribution in [0.3, 0.4) is 0 Å². The Hall–Kier alpha value is -2.23. The van der Waals surface area contributed by atoms with E-state index in [4.69, 9.17) is 14.6 Å². The third-order valence-electron chi connectivity index (χ3n) is 2.47. The molecule has 0 spiro atoms. The summed E-state index contributed by atoms with van der Waals surface area (Å²) >= 11 is 0. The minimum Gasteiger partial charge on any atom is -0.459 e. The standard InChI is InChI=1S/C12H10N2O2/c1-7-4-5-15-11(7)12-14-9-6-8(13)2-3-10(9)16-12/h2-6H,13H2,1H3. The van der Waals surface area contributed by atoms with Gasteiger partial charge in [-0.2, -0.15) is 0 Å².